The van der Waals surface area contributed by atoms with Crippen LogP contribution in [-0.2, 0) is 11.2 Å². The first-order chi connectivity index (χ1) is 11.1. The van der Waals surface area contributed by atoms with Crippen LogP contribution in [0.15, 0.2) is 54.6 Å². The maximum atomic E-state index is 10.8. The first-order valence-electron chi connectivity index (χ1n) is 8.19. The SMILES string of the molecule is C[C@H](CCCC(N)Cc1ccc(-c2ccccc2)cc1)C(=O)O. The van der Waals surface area contributed by atoms with E-state index in [1.807, 2.05) is 18.2 Å². The summed E-state index contributed by atoms with van der Waals surface area (Å²) < 4.78 is 0. The molecule has 0 spiro atoms. The van der Waals surface area contributed by atoms with Crippen molar-refractivity contribution in [2.24, 2.45) is 11.7 Å². The Labute approximate surface area is 138 Å². The Morgan fingerprint density at radius 2 is 1.61 bits per heavy atom. The van der Waals surface area contributed by atoms with Crippen molar-refractivity contribution in [3.8, 4) is 11.1 Å². The summed E-state index contributed by atoms with van der Waals surface area (Å²) >= 11 is 0. The molecule has 0 aliphatic heterocycles. The molecule has 0 radical (unpaired) electrons. The number of aliphatic carboxylic acids is 1. The second kappa shape index (κ2) is 8.49. The topological polar surface area (TPSA) is 63.3 Å². The molecule has 3 nitrogen and oxygen atoms in total. The zero-order valence-corrected chi connectivity index (χ0v) is 13.6. The minimum absolute atomic E-state index is 0.0820. The first kappa shape index (κ1) is 17.2. The highest BCUT2D eigenvalue weighted by molar-refractivity contribution is 5.69. The predicted octanol–water partition coefficient (Wildman–Crippen LogP) is 4.11. The van der Waals surface area contributed by atoms with Gasteiger partial charge in [0.15, 0.2) is 0 Å². The van der Waals surface area contributed by atoms with Crippen LogP contribution < -0.4 is 5.73 Å². The van der Waals surface area contributed by atoms with Crippen molar-refractivity contribution in [2.45, 2.75) is 38.6 Å². The van der Waals surface area contributed by atoms with Gasteiger partial charge in [-0.05, 0) is 36.0 Å². The molecule has 2 aromatic rings. The molecule has 2 atom stereocenters. The van der Waals surface area contributed by atoms with Gasteiger partial charge in [0.25, 0.3) is 0 Å². The van der Waals surface area contributed by atoms with Gasteiger partial charge in [-0.1, -0.05) is 67.9 Å². The smallest absolute Gasteiger partial charge is 0.306 e. The molecular formula is C20H25NO2. The third-order valence-electron chi connectivity index (χ3n) is 4.19. The van der Waals surface area contributed by atoms with Gasteiger partial charge in [0.1, 0.15) is 0 Å². The summed E-state index contributed by atoms with van der Waals surface area (Å²) in [7, 11) is 0. The highest BCUT2D eigenvalue weighted by Crippen LogP contribution is 2.20. The lowest BCUT2D eigenvalue weighted by Gasteiger charge is -2.13. The van der Waals surface area contributed by atoms with Gasteiger partial charge in [-0.15, -0.1) is 0 Å². The van der Waals surface area contributed by atoms with Crippen LogP contribution in [0.5, 0.6) is 0 Å². The Bertz CT molecular complexity index is 607. The summed E-state index contributed by atoms with van der Waals surface area (Å²) in [6.07, 6.45) is 3.24. The van der Waals surface area contributed by atoms with Crippen molar-refractivity contribution in [3.05, 3.63) is 60.2 Å². The first-order valence-corrected chi connectivity index (χ1v) is 8.19. The van der Waals surface area contributed by atoms with E-state index in [-0.39, 0.29) is 12.0 Å². The number of hydrogen-bond donors (Lipinski definition) is 2. The molecule has 1 unspecified atom stereocenters. The molecule has 2 aromatic carbocycles. The molecule has 3 heteroatoms. The molecule has 0 fully saturated rings. The summed E-state index contributed by atoms with van der Waals surface area (Å²) in [6.45, 7) is 1.75. The van der Waals surface area contributed by atoms with Crippen LogP contribution in [0.2, 0.25) is 0 Å². The van der Waals surface area contributed by atoms with Gasteiger partial charge in [0, 0.05) is 6.04 Å². The molecular weight excluding hydrogens is 286 g/mol. The van der Waals surface area contributed by atoms with Crippen LogP contribution in [0, 0.1) is 5.92 Å². The average molecular weight is 311 g/mol. The van der Waals surface area contributed by atoms with Crippen molar-refractivity contribution < 1.29 is 9.90 Å². The Kier molecular flexibility index (Phi) is 6.36. The van der Waals surface area contributed by atoms with Crippen molar-refractivity contribution in [1.82, 2.24) is 0 Å². The minimum Gasteiger partial charge on any atom is -0.481 e. The molecule has 23 heavy (non-hydrogen) atoms. The zero-order valence-electron chi connectivity index (χ0n) is 13.6. The highest BCUT2D eigenvalue weighted by Gasteiger charge is 2.11. The van der Waals surface area contributed by atoms with E-state index in [1.165, 1.54) is 16.7 Å². The fourth-order valence-electron chi connectivity index (χ4n) is 2.68. The van der Waals surface area contributed by atoms with Gasteiger partial charge in [-0.2, -0.15) is 0 Å². The van der Waals surface area contributed by atoms with Crippen LogP contribution in [0.25, 0.3) is 11.1 Å². The molecule has 122 valence electrons. The summed E-state index contributed by atoms with van der Waals surface area (Å²) in [5.74, 6) is -1.01. The molecule has 0 saturated heterocycles. The number of carboxylic acid groups (broad SMARTS) is 1. The molecule has 3 N–H and O–H groups in total. The Balaban J connectivity index is 1.82. The summed E-state index contributed by atoms with van der Waals surface area (Å²) in [5, 5.41) is 8.87. The van der Waals surface area contributed by atoms with Crippen molar-refractivity contribution in [1.29, 1.82) is 0 Å². The number of benzene rings is 2. The fraction of sp³-hybridized carbons (Fsp3) is 0.350. The standard InChI is InChI=1S/C20H25NO2/c1-15(20(22)23)6-5-9-19(21)14-16-10-12-18(13-11-16)17-7-3-2-4-8-17/h2-4,7-8,10-13,15,19H,5-6,9,14,21H2,1H3,(H,22,23)/t15-,19?/m1/s1. The second-order valence-electron chi connectivity index (χ2n) is 6.20. The minimum atomic E-state index is -0.727. The summed E-state index contributed by atoms with van der Waals surface area (Å²) in [6, 6.07) is 18.9. The summed E-state index contributed by atoms with van der Waals surface area (Å²) in [5.41, 5.74) is 9.82. The normalized spacial score (nSPS) is 13.5. The third-order valence-corrected chi connectivity index (χ3v) is 4.19. The van der Waals surface area contributed by atoms with Crippen molar-refractivity contribution >= 4 is 5.97 Å². The van der Waals surface area contributed by atoms with Gasteiger partial charge < -0.3 is 10.8 Å². The fourth-order valence-corrected chi connectivity index (χ4v) is 2.68. The largest absolute Gasteiger partial charge is 0.481 e. The van der Waals surface area contributed by atoms with E-state index >= 15 is 0 Å². The van der Waals surface area contributed by atoms with Crippen LogP contribution in [0.3, 0.4) is 0 Å². The van der Waals surface area contributed by atoms with Crippen LogP contribution >= 0.6 is 0 Å². The van der Waals surface area contributed by atoms with E-state index in [2.05, 4.69) is 36.4 Å². The Morgan fingerprint density at radius 1 is 1.00 bits per heavy atom. The van der Waals surface area contributed by atoms with Gasteiger partial charge in [-0.3, -0.25) is 4.79 Å². The Morgan fingerprint density at radius 3 is 2.22 bits per heavy atom. The number of nitrogens with two attached hydrogens (primary N) is 1. The number of carboxylic acids is 1. The van der Waals surface area contributed by atoms with Gasteiger partial charge >= 0.3 is 5.97 Å². The van der Waals surface area contributed by atoms with Crippen LogP contribution in [0.4, 0.5) is 0 Å². The third kappa shape index (κ3) is 5.53. The number of hydrogen-bond acceptors (Lipinski definition) is 2. The van der Waals surface area contributed by atoms with Crippen molar-refractivity contribution in [2.75, 3.05) is 0 Å². The predicted molar refractivity (Wildman–Crippen MR) is 94.2 cm³/mol. The molecule has 0 bridgehead atoms. The van der Waals surface area contributed by atoms with Crippen molar-refractivity contribution in [3.63, 3.8) is 0 Å². The molecule has 0 aliphatic rings. The summed E-state index contributed by atoms with van der Waals surface area (Å²) in [4.78, 5) is 10.8. The molecule has 2 rings (SSSR count). The molecule has 0 saturated carbocycles. The molecule has 0 amide bonds. The van der Waals surface area contributed by atoms with E-state index in [1.54, 1.807) is 6.92 Å². The van der Waals surface area contributed by atoms with E-state index < -0.39 is 5.97 Å². The number of rotatable bonds is 8. The quantitative estimate of drug-likeness (QED) is 0.771. The van der Waals surface area contributed by atoms with Gasteiger partial charge in [0.05, 0.1) is 5.92 Å². The monoisotopic (exact) mass is 311 g/mol. The zero-order chi connectivity index (χ0) is 16.7. The Hall–Kier alpha value is -2.13. The average Bonchev–Trinajstić information content (AvgIpc) is 2.56. The number of carbonyl (C=O) groups is 1. The van der Waals surface area contributed by atoms with E-state index in [0.29, 0.717) is 6.42 Å². The van der Waals surface area contributed by atoms with E-state index in [0.717, 1.165) is 19.3 Å². The highest BCUT2D eigenvalue weighted by atomic mass is 16.4. The van der Waals surface area contributed by atoms with Gasteiger partial charge in [0.2, 0.25) is 0 Å². The molecule has 0 aromatic heterocycles. The lowest BCUT2D eigenvalue weighted by molar-refractivity contribution is -0.141. The molecule has 0 heterocycles. The maximum Gasteiger partial charge on any atom is 0.306 e. The lowest BCUT2D eigenvalue weighted by atomic mass is 9.97. The molecule has 0 aliphatic carbocycles. The van der Waals surface area contributed by atoms with Crippen LogP contribution in [0.1, 0.15) is 31.7 Å². The van der Waals surface area contributed by atoms with Gasteiger partial charge in [-0.25, -0.2) is 0 Å². The van der Waals surface area contributed by atoms with Crippen LogP contribution in [-0.4, -0.2) is 17.1 Å². The second-order valence-corrected chi connectivity index (χ2v) is 6.20. The lowest BCUT2D eigenvalue weighted by Crippen LogP contribution is -2.23. The maximum absolute atomic E-state index is 10.8. The van der Waals surface area contributed by atoms with E-state index in [4.69, 9.17) is 10.8 Å². The van der Waals surface area contributed by atoms with E-state index in [9.17, 15) is 4.79 Å².